The maximum absolute atomic E-state index is 12.9. The highest BCUT2D eigenvalue weighted by Crippen LogP contribution is 2.24. The van der Waals surface area contributed by atoms with Gasteiger partial charge in [-0.3, -0.25) is 4.79 Å². The molecule has 8 nitrogen and oxygen atoms in total. The van der Waals surface area contributed by atoms with Crippen LogP contribution in [-0.4, -0.2) is 36.0 Å². The number of fused-ring (bicyclic) bond motifs is 3. The van der Waals surface area contributed by atoms with Crippen LogP contribution in [0, 0.1) is 0 Å². The smallest absolute Gasteiger partial charge is 0.350 e. The van der Waals surface area contributed by atoms with Crippen LogP contribution in [0.25, 0.3) is 22.4 Å². The first-order chi connectivity index (χ1) is 16.9. The van der Waals surface area contributed by atoms with Gasteiger partial charge < -0.3 is 5.32 Å². The number of rotatable bonds is 7. The van der Waals surface area contributed by atoms with Crippen LogP contribution >= 0.6 is 11.8 Å². The zero-order chi connectivity index (χ0) is 24.5. The van der Waals surface area contributed by atoms with Gasteiger partial charge in [-0.05, 0) is 41.5 Å². The fourth-order valence-electron chi connectivity index (χ4n) is 3.95. The number of aromatic nitrogens is 5. The number of nitrogens with zero attached hydrogens (tertiary/aromatic N) is 5. The summed E-state index contributed by atoms with van der Waals surface area (Å²) >= 11 is 1.67. The fourth-order valence-corrected chi connectivity index (χ4v) is 4.36. The predicted octanol–water partition coefficient (Wildman–Crippen LogP) is 3.97. The highest BCUT2D eigenvalue weighted by Gasteiger charge is 2.15. The molecule has 1 amide bonds. The zero-order valence-electron chi connectivity index (χ0n) is 19.8. The van der Waals surface area contributed by atoms with Gasteiger partial charge in [-0.15, -0.1) is 16.9 Å². The van der Waals surface area contributed by atoms with Gasteiger partial charge in [0.2, 0.25) is 5.91 Å². The van der Waals surface area contributed by atoms with E-state index in [-0.39, 0.29) is 18.1 Å². The quantitative estimate of drug-likeness (QED) is 0.352. The van der Waals surface area contributed by atoms with Gasteiger partial charge in [-0.25, -0.2) is 18.4 Å². The molecule has 35 heavy (non-hydrogen) atoms. The summed E-state index contributed by atoms with van der Waals surface area (Å²) in [5.41, 5.74) is 4.82. The van der Waals surface area contributed by atoms with Crippen molar-refractivity contribution in [3.05, 3.63) is 88.6 Å². The lowest BCUT2D eigenvalue weighted by Crippen LogP contribution is -2.32. The number of hydrogen-bond donors (Lipinski definition) is 1. The minimum atomic E-state index is -0.369. The molecule has 0 saturated carbocycles. The monoisotopic (exact) mass is 486 g/mol. The van der Waals surface area contributed by atoms with E-state index in [0.29, 0.717) is 23.6 Å². The largest absolute Gasteiger partial charge is 0.350 e. The van der Waals surface area contributed by atoms with E-state index in [2.05, 4.69) is 53.6 Å². The number of carbonyl (C=O) groups excluding carboxylic acids is 1. The van der Waals surface area contributed by atoms with Crippen LogP contribution in [0.1, 0.15) is 30.9 Å². The molecule has 0 spiro atoms. The standard InChI is InChI=1S/C26H26N6O2S/c1-17(2)19-6-8-20(9-7-19)22-14-23-25-29-32(26(34)30(25)12-13-31(23)28-22)16-24(33)27-15-18-4-10-21(35-3)11-5-18/h4-14,17H,15-16H2,1-3H3,(H,27,33). The average Bonchev–Trinajstić information content (AvgIpc) is 3.44. The van der Waals surface area contributed by atoms with Crippen molar-refractivity contribution in [1.82, 2.24) is 29.1 Å². The van der Waals surface area contributed by atoms with Crippen molar-refractivity contribution in [2.24, 2.45) is 0 Å². The summed E-state index contributed by atoms with van der Waals surface area (Å²) in [6, 6.07) is 18.2. The summed E-state index contributed by atoms with van der Waals surface area (Å²) in [6.07, 6.45) is 5.37. The van der Waals surface area contributed by atoms with Crippen molar-refractivity contribution in [2.45, 2.75) is 37.8 Å². The molecular weight excluding hydrogens is 460 g/mol. The minimum Gasteiger partial charge on any atom is -0.350 e. The average molecular weight is 487 g/mol. The lowest BCUT2D eigenvalue weighted by Gasteiger charge is -2.05. The molecule has 178 valence electrons. The molecule has 0 fully saturated rings. The van der Waals surface area contributed by atoms with E-state index in [1.165, 1.54) is 19.5 Å². The van der Waals surface area contributed by atoms with Crippen LogP contribution in [0.3, 0.4) is 0 Å². The van der Waals surface area contributed by atoms with E-state index >= 15 is 0 Å². The lowest BCUT2D eigenvalue weighted by molar-refractivity contribution is -0.122. The van der Waals surface area contributed by atoms with Crippen molar-refractivity contribution in [1.29, 1.82) is 0 Å². The Morgan fingerprint density at radius 2 is 1.77 bits per heavy atom. The molecule has 2 aromatic carbocycles. The Labute approximate surface area is 206 Å². The van der Waals surface area contributed by atoms with Gasteiger partial charge in [-0.1, -0.05) is 50.2 Å². The van der Waals surface area contributed by atoms with E-state index in [1.54, 1.807) is 28.7 Å². The number of thioether (sulfide) groups is 1. The SMILES string of the molecule is CSc1ccc(CNC(=O)Cn2nc3c4cc(-c5ccc(C(C)C)cc5)nn4ccn3c2=O)cc1. The molecule has 0 aliphatic carbocycles. The number of hydrogen-bond acceptors (Lipinski definition) is 5. The van der Waals surface area contributed by atoms with Crippen LogP contribution in [0.2, 0.25) is 0 Å². The molecule has 1 N–H and O–H groups in total. The fraction of sp³-hybridized carbons (Fsp3) is 0.231. The number of amides is 1. The summed E-state index contributed by atoms with van der Waals surface area (Å²) in [7, 11) is 0. The van der Waals surface area contributed by atoms with Gasteiger partial charge >= 0.3 is 5.69 Å². The molecule has 3 heterocycles. The number of carbonyl (C=O) groups is 1. The molecule has 0 radical (unpaired) electrons. The molecule has 0 unspecified atom stereocenters. The Hall–Kier alpha value is -3.85. The maximum Gasteiger partial charge on any atom is 0.350 e. The summed E-state index contributed by atoms with van der Waals surface area (Å²) in [5, 5.41) is 12.0. The van der Waals surface area contributed by atoms with Crippen LogP contribution in [0.15, 0.2) is 76.7 Å². The molecular formula is C26H26N6O2S. The third-order valence-corrected chi connectivity index (χ3v) is 6.75. The van der Waals surface area contributed by atoms with Crippen molar-refractivity contribution in [3.63, 3.8) is 0 Å². The van der Waals surface area contributed by atoms with Gasteiger partial charge in [0.1, 0.15) is 12.1 Å². The molecule has 0 bridgehead atoms. The van der Waals surface area contributed by atoms with Crippen LogP contribution in [0.5, 0.6) is 0 Å². The number of nitrogens with one attached hydrogen (secondary N) is 1. The predicted molar refractivity (Wildman–Crippen MR) is 138 cm³/mol. The summed E-state index contributed by atoms with van der Waals surface area (Å²) < 4.78 is 4.33. The van der Waals surface area contributed by atoms with Gasteiger partial charge in [-0.2, -0.15) is 5.10 Å². The van der Waals surface area contributed by atoms with Gasteiger partial charge in [0, 0.05) is 29.4 Å². The van der Waals surface area contributed by atoms with E-state index in [0.717, 1.165) is 16.8 Å². The van der Waals surface area contributed by atoms with Crippen molar-refractivity contribution < 1.29 is 4.79 Å². The molecule has 0 aliphatic heterocycles. The van der Waals surface area contributed by atoms with Crippen LogP contribution in [0.4, 0.5) is 0 Å². The Balaban J connectivity index is 1.37. The topological polar surface area (TPSA) is 85.7 Å². The van der Waals surface area contributed by atoms with Crippen molar-refractivity contribution in [3.8, 4) is 11.3 Å². The first-order valence-corrected chi connectivity index (χ1v) is 12.6. The molecule has 0 saturated heterocycles. The van der Waals surface area contributed by atoms with E-state index in [1.807, 2.05) is 36.6 Å². The van der Waals surface area contributed by atoms with Crippen molar-refractivity contribution in [2.75, 3.05) is 6.26 Å². The Morgan fingerprint density at radius 1 is 1.03 bits per heavy atom. The second kappa shape index (κ2) is 9.42. The molecule has 9 heteroatoms. The summed E-state index contributed by atoms with van der Waals surface area (Å²) in [5.74, 6) is 0.179. The van der Waals surface area contributed by atoms with Gasteiger partial charge in [0.25, 0.3) is 0 Å². The van der Waals surface area contributed by atoms with Gasteiger partial charge in [0.15, 0.2) is 5.65 Å². The second-order valence-electron chi connectivity index (χ2n) is 8.69. The molecule has 5 rings (SSSR count). The highest BCUT2D eigenvalue weighted by atomic mass is 32.2. The zero-order valence-corrected chi connectivity index (χ0v) is 20.6. The van der Waals surface area contributed by atoms with E-state index < -0.39 is 0 Å². The number of benzene rings is 2. The third kappa shape index (κ3) is 4.59. The second-order valence-corrected chi connectivity index (χ2v) is 9.57. The van der Waals surface area contributed by atoms with E-state index in [9.17, 15) is 9.59 Å². The third-order valence-electron chi connectivity index (χ3n) is 6.01. The molecule has 3 aromatic heterocycles. The normalized spacial score (nSPS) is 11.5. The van der Waals surface area contributed by atoms with Crippen molar-refractivity contribution >= 4 is 28.8 Å². The van der Waals surface area contributed by atoms with Crippen LogP contribution < -0.4 is 11.0 Å². The Morgan fingerprint density at radius 3 is 2.46 bits per heavy atom. The Kier molecular flexibility index (Phi) is 6.17. The van der Waals surface area contributed by atoms with E-state index in [4.69, 9.17) is 0 Å². The summed E-state index contributed by atoms with van der Waals surface area (Å²) in [4.78, 5) is 26.6. The first kappa shape index (κ1) is 22.9. The minimum absolute atomic E-state index is 0.159. The van der Waals surface area contributed by atoms with Crippen LogP contribution in [-0.2, 0) is 17.9 Å². The highest BCUT2D eigenvalue weighted by molar-refractivity contribution is 7.98. The first-order valence-electron chi connectivity index (χ1n) is 11.4. The van der Waals surface area contributed by atoms with Gasteiger partial charge in [0.05, 0.1) is 5.69 Å². The lowest BCUT2D eigenvalue weighted by atomic mass is 10.0. The maximum atomic E-state index is 12.9. The summed E-state index contributed by atoms with van der Waals surface area (Å²) in [6.45, 7) is 4.55. The Bertz CT molecular complexity index is 1560. The molecule has 5 aromatic rings. The molecule has 0 atom stereocenters. The molecule has 0 aliphatic rings.